The predicted octanol–water partition coefficient (Wildman–Crippen LogP) is 0.427. The minimum absolute atomic E-state index is 0.0554. The van der Waals surface area contributed by atoms with Gasteiger partial charge in [0.05, 0.1) is 0 Å². The number of rotatable bonds is 4. The van der Waals surface area contributed by atoms with Crippen LogP contribution < -0.4 is 10.6 Å². The fourth-order valence-corrected chi connectivity index (χ4v) is 0.710. The lowest BCUT2D eigenvalue weighted by Gasteiger charge is -2.10. The molecule has 0 aromatic rings. The Kier molecular flexibility index (Phi) is 5.93. The Hall–Kier alpha value is -1.06. The molecule has 0 aliphatic heterocycles. The molecular formula is C9H18N2O2. The third-order valence-electron chi connectivity index (χ3n) is 1.73. The van der Waals surface area contributed by atoms with Crippen LogP contribution in [0, 0.1) is 0 Å². The van der Waals surface area contributed by atoms with Crippen LogP contribution in [0.15, 0.2) is 0 Å². The summed E-state index contributed by atoms with van der Waals surface area (Å²) < 4.78 is 0. The normalized spacial score (nSPS) is 11.9. The van der Waals surface area contributed by atoms with Crippen molar-refractivity contribution < 1.29 is 9.59 Å². The molecule has 0 aromatic carbocycles. The van der Waals surface area contributed by atoms with Crippen LogP contribution in [0.4, 0.5) is 0 Å². The molecule has 0 fully saturated rings. The van der Waals surface area contributed by atoms with Gasteiger partial charge in [-0.15, -0.1) is 0 Å². The minimum Gasteiger partial charge on any atom is -0.348 e. The Bertz CT molecular complexity index is 180. The van der Waals surface area contributed by atoms with Crippen LogP contribution in [-0.2, 0) is 9.59 Å². The summed E-state index contributed by atoms with van der Waals surface area (Å²) in [5.74, 6) is -1.08. The van der Waals surface area contributed by atoms with Crippen molar-refractivity contribution in [2.45, 2.75) is 39.7 Å². The molecule has 0 saturated carbocycles. The second-order valence-corrected chi connectivity index (χ2v) is 3.04. The van der Waals surface area contributed by atoms with Gasteiger partial charge in [0.25, 0.3) is 0 Å². The summed E-state index contributed by atoms with van der Waals surface area (Å²) in [4.78, 5) is 22.1. The molecule has 0 aliphatic rings. The van der Waals surface area contributed by atoms with Gasteiger partial charge in [0.15, 0.2) is 0 Å². The summed E-state index contributed by atoms with van der Waals surface area (Å²) in [5.41, 5.74) is 0. The smallest absolute Gasteiger partial charge is 0.309 e. The summed E-state index contributed by atoms with van der Waals surface area (Å²) in [6.45, 7) is 6.31. The summed E-state index contributed by atoms with van der Waals surface area (Å²) in [6.07, 6.45) is 1.66. The van der Waals surface area contributed by atoms with Crippen molar-refractivity contribution in [1.82, 2.24) is 10.6 Å². The van der Waals surface area contributed by atoms with E-state index in [1.165, 1.54) is 0 Å². The van der Waals surface area contributed by atoms with Crippen molar-refractivity contribution in [2.24, 2.45) is 0 Å². The first-order chi connectivity index (χ1) is 6.11. The lowest BCUT2D eigenvalue weighted by Crippen LogP contribution is -2.43. The monoisotopic (exact) mass is 186 g/mol. The predicted molar refractivity (Wildman–Crippen MR) is 51.2 cm³/mol. The largest absolute Gasteiger partial charge is 0.348 e. The Morgan fingerprint density at radius 3 is 2.31 bits per heavy atom. The highest BCUT2D eigenvalue weighted by Crippen LogP contribution is 1.86. The Morgan fingerprint density at radius 2 is 1.85 bits per heavy atom. The summed E-state index contributed by atoms with van der Waals surface area (Å²) in [5, 5.41) is 5.10. The van der Waals surface area contributed by atoms with Crippen LogP contribution in [0.2, 0.25) is 0 Å². The van der Waals surface area contributed by atoms with E-state index in [1.54, 1.807) is 0 Å². The Labute approximate surface area is 79.1 Å². The van der Waals surface area contributed by atoms with Gasteiger partial charge in [-0.1, -0.05) is 13.8 Å². The van der Waals surface area contributed by atoms with Gasteiger partial charge < -0.3 is 10.6 Å². The van der Waals surface area contributed by atoms with E-state index in [-0.39, 0.29) is 6.04 Å². The molecule has 0 bridgehead atoms. The number of carbonyl (C=O) groups excluding carboxylic acids is 2. The molecule has 1 atom stereocenters. The van der Waals surface area contributed by atoms with E-state index in [2.05, 4.69) is 10.6 Å². The fraction of sp³-hybridized carbons (Fsp3) is 0.778. The van der Waals surface area contributed by atoms with Gasteiger partial charge in [0, 0.05) is 12.6 Å². The van der Waals surface area contributed by atoms with E-state index in [0.717, 1.165) is 12.8 Å². The minimum atomic E-state index is -0.540. The summed E-state index contributed by atoms with van der Waals surface area (Å²) in [7, 11) is 0. The number of nitrogens with one attached hydrogen (secondary N) is 2. The molecule has 0 radical (unpaired) electrons. The van der Waals surface area contributed by atoms with Gasteiger partial charge in [0.1, 0.15) is 0 Å². The second kappa shape index (κ2) is 6.46. The zero-order valence-electron chi connectivity index (χ0n) is 8.52. The third-order valence-corrected chi connectivity index (χ3v) is 1.73. The number of carbonyl (C=O) groups is 2. The summed E-state index contributed by atoms with van der Waals surface area (Å²) in [6, 6.07) is 0.0554. The van der Waals surface area contributed by atoms with Crippen molar-refractivity contribution in [3.8, 4) is 0 Å². The van der Waals surface area contributed by atoms with Crippen molar-refractivity contribution in [1.29, 1.82) is 0 Å². The van der Waals surface area contributed by atoms with Gasteiger partial charge in [-0.05, 0) is 19.8 Å². The van der Waals surface area contributed by atoms with Gasteiger partial charge >= 0.3 is 11.8 Å². The van der Waals surface area contributed by atoms with Gasteiger partial charge in [0.2, 0.25) is 0 Å². The molecule has 2 amide bonds. The Balaban J connectivity index is 3.76. The first-order valence-corrected chi connectivity index (χ1v) is 4.70. The average Bonchev–Trinajstić information content (AvgIpc) is 2.13. The van der Waals surface area contributed by atoms with Crippen LogP contribution in [0.3, 0.4) is 0 Å². The van der Waals surface area contributed by atoms with E-state index in [0.29, 0.717) is 6.54 Å². The number of amides is 2. The molecule has 0 heterocycles. The molecule has 13 heavy (non-hydrogen) atoms. The van der Waals surface area contributed by atoms with E-state index >= 15 is 0 Å². The van der Waals surface area contributed by atoms with Crippen molar-refractivity contribution >= 4 is 11.8 Å². The average molecular weight is 186 g/mol. The van der Waals surface area contributed by atoms with Crippen molar-refractivity contribution in [2.75, 3.05) is 6.54 Å². The van der Waals surface area contributed by atoms with Crippen LogP contribution in [-0.4, -0.2) is 24.4 Å². The zero-order valence-corrected chi connectivity index (χ0v) is 8.52. The number of hydrogen-bond donors (Lipinski definition) is 2. The van der Waals surface area contributed by atoms with E-state index in [9.17, 15) is 9.59 Å². The maximum atomic E-state index is 11.1. The van der Waals surface area contributed by atoms with Crippen molar-refractivity contribution in [3.63, 3.8) is 0 Å². The van der Waals surface area contributed by atoms with E-state index < -0.39 is 11.8 Å². The van der Waals surface area contributed by atoms with Crippen LogP contribution in [0.1, 0.15) is 33.6 Å². The SMILES string of the molecule is CCCNC(=O)C(=O)NC(C)CC. The molecule has 0 aliphatic carbocycles. The van der Waals surface area contributed by atoms with Crippen LogP contribution >= 0.6 is 0 Å². The third kappa shape index (κ3) is 5.22. The standard InChI is InChI=1S/C9H18N2O2/c1-4-6-10-8(12)9(13)11-7(3)5-2/h7H,4-6H2,1-3H3,(H,10,12)(H,11,13). The second-order valence-electron chi connectivity index (χ2n) is 3.04. The molecular weight excluding hydrogens is 168 g/mol. The molecule has 0 aromatic heterocycles. The Morgan fingerprint density at radius 1 is 1.23 bits per heavy atom. The maximum Gasteiger partial charge on any atom is 0.309 e. The highest BCUT2D eigenvalue weighted by atomic mass is 16.2. The molecule has 4 heteroatoms. The van der Waals surface area contributed by atoms with Crippen LogP contribution in [0.25, 0.3) is 0 Å². The number of hydrogen-bond acceptors (Lipinski definition) is 2. The highest BCUT2D eigenvalue weighted by Gasteiger charge is 2.13. The molecule has 76 valence electrons. The fourth-order valence-electron chi connectivity index (χ4n) is 0.710. The van der Waals surface area contributed by atoms with Crippen molar-refractivity contribution in [3.05, 3.63) is 0 Å². The molecule has 0 rings (SSSR count). The zero-order chi connectivity index (χ0) is 10.3. The lowest BCUT2D eigenvalue weighted by molar-refractivity contribution is -0.139. The quantitative estimate of drug-likeness (QED) is 0.625. The van der Waals surface area contributed by atoms with E-state index in [4.69, 9.17) is 0 Å². The first-order valence-electron chi connectivity index (χ1n) is 4.70. The van der Waals surface area contributed by atoms with Gasteiger partial charge in [-0.3, -0.25) is 9.59 Å². The molecule has 2 N–H and O–H groups in total. The molecule has 0 saturated heterocycles. The first kappa shape index (κ1) is 11.9. The highest BCUT2D eigenvalue weighted by molar-refractivity contribution is 6.35. The lowest BCUT2D eigenvalue weighted by atomic mass is 10.2. The van der Waals surface area contributed by atoms with Gasteiger partial charge in [-0.2, -0.15) is 0 Å². The molecule has 1 unspecified atom stereocenters. The topological polar surface area (TPSA) is 58.2 Å². The molecule has 0 spiro atoms. The molecule has 4 nitrogen and oxygen atoms in total. The van der Waals surface area contributed by atoms with E-state index in [1.807, 2.05) is 20.8 Å². The van der Waals surface area contributed by atoms with Crippen LogP contribution in [0.5, 0.6) is 0 Å². The maximum absolute atomic E-state index is 11.1. The summed E-state index contributed by atoms with van der Waals surface area (Å²) >= 11 is 0. The van der Waals surface area contributed by atoms with Gasteiger partial charge in [-0.25, -0.2) is 0 Å².